The topological polar surface area (TPSA) is 37.4 Å². The Balaban J connectivity index is 1.22. The molecule has 0 unspecified atom stereocenters. The molecule has 216 valence electrons. The van der Waals surface area contributed by atoms with E-state index in [9.17, 15) is 0 Å². The van der Waals surface area contributed by atoms with Crippen LogP contribution >= 0.6 is 11.8 Å². The minimum absolute atomic E-state index is 0.732. The minimum Gasteiger partial charge on any atom is -0.457 e. The van der Waals surface area contributed by atoms with Crippen LogP contribution in [-0.2, 0) is 0 Å². The van der Waals surface area contributed by atoms with Crippen molar-refractivity contribution in [3.05, 3.63) is 158 Å². The van der Waals surface area contributed by atoms with Crippen LogP contribution in [0.5, 0.6) is 23.0 Å². The Morgan fingerprint density at radius 1 is 0.556 bits per heavy atom. The molecule has 0 aliphatic carbocycles. The number of para-hydroxylation sites is 1. The van der Waals surface area contributed by atoms with Gasteiger partial charge in [0, 0.05) is 27.6 Å². The van der Waals surface area contributed by atoms with Crippen molar-refractivity contribution in [2.75, 3.05) is 7.05 Å². The fourth-order valence-corrected chi connectivity index (χ4v) is 5.90. The summed E-state index contributed by atoms with van der Waals surface area (Å²) in [6, 6.07) is 49.9. The number of benzene rings is 5. The van der Waals surface area contributed by atoms with Crippen molar-refractivity contribution >= 4 is 23.5 Å². The third-order valence-corrected chi connectivity index (χ3v) is 8.08. The number of hydrogen-bond donors (Lipinski definition) is 0. The average molecular weight is 604 g/mol. The molecule has 1 aliphatic rings. The molecule has 0 N–H and O–H groups in total. The van der Waals surface area contributed by atoms with Crippen LogP contribution in [0.4, 0.5) is 5.69 Å². The smallest absolute Gasteiger partial charge is 0.457 e. The van der Waals surface area contributed by atoms with Gasteiger partial charge in [0.15, 0.2) is 7.05 Å². The molecule has 6 aromatic rings. The van der Waals surface area contributed by atoms with Crippen LogP contribution in [0.1, 0.15) is 0 Å². The third-order valence-electron chi connectivity index (χ3n) is 7.10. The van der Waals surface area contributed by atoms with Crippen molar-refractivity contribution in [1.29, 1.82) is 0 Å². The highest BCUT2D eigenvalue weighted by molar-refractivity contribution is 7.99. The summed E-state index contributed by atoms with van der Waals surface area (Å²) in [6.45, 7) is 0. The zero-order chi connectivity index (χ0) is 30.4. The van der Waals surface area contributed by atoms with E-state index in [1.54, 1.807) is 11.8 Å². The summed E-state index contributed by atoms with van der Waals surface area (Å²) in [5.74, 6) is 3.05. The Labute approximate surface area is 266 Å². The Hall–Kier alpha value is -5.68. The van der Waals surface area contributed by atoms with Gasteiger partial charge in [0.2, 0.25) is 11.9 Å². The van der Waals surface area contributed by atoms with Gasteiger partial charge in [-0.25, -0.2) is 0 Å². The van der Waals surface area contributed by atoms with Crippen molar-refractivity contribution in [3.8, 4) is 45.4 Å². The molecule has 5 nitrogen and oxygen atoms in total. The highest BCUT2D eigenvalue weighted by Crippen LogP contribution is 2.37. The molecule has 1 aliphatic heterocycles. The molecule has 0 atom stereocenters. The SMILES string of the molecule is C[N+]1=C=[N+](c2cccc(Oc3cc(Sc4ccccc4)cc(-c4cc(-c5cccc(Oc6ccccc6)c5)ccn4)c3)c2)C=C1. The molecular formula is C39H29N3O2S+2. The van der Waals surface area contributed by atoms with Crippen LogP contribution in [0, 0.1) is 0 Å². The molecule has 0 saturated carbocycles. The Kier molecular flexibility index (Phi) is 8.06. The van der Waals surface area contributed by atoms with Gasteiger partial charge in [0.25, 0.3) is 6.20 Å². The van der Waals surface area contributed by atoms with Crippen LogP contribution in [0.2, 0.25) is 0 Å². The summed E-state index contributed by atoms with van der Waals surface area (Å²) < 4.78 is 16.4. The van der Waals surface area contributed by atoms with Gasteiger partial charge in [-0.1, -0.05) is 75.5 Å². The van der Waals surface area contributed by atoms with Gasteiger partial charge in [0.05, 0.1) is 11.8 Å². The molecule has 0 spiro atoms. The van der Waals surface area contributed by atoms with E-state index in [0.717, 1.165) is 60.9 Å². The molecule has 6 heteroatoms. The number of pyridine rings is 1. The normalized spacial score (nSPS) is 12.0. The van der Waals surface area contributed by atoms with Crippen LogP contribution < -0.4 is 9.47 Å². The summed E-state index contributed by atoms with van der Waals surface area (Å²) in [5, 5.41) is 0. The van der Waals surface area contributed by atoms with Gasteiger partial charge < -0.3 is 9.47 Å². The number of aromatic nitrogens is 1. The second-order valence-corrected chi connectivity index (χ2v) is 11.6. The third kappa shape index (κ3) is 6.94. The second-order valence-electron chi connectivity index (χ2n) is 10.5. The molecule has 5 aromatic carbocycles. The number of nitrogens with zero attached hydrogens (tertiary/aromatic N) is 3. The summed E-state index contributed by atoms with van der Waals surface area (Å²) in [7, 11) is 1.95. The lowest BCUT2D eigenvalue weighted by Crippen LogP contribution is -1.94. The quantitative estimate of drug-likeness (QED) is 0.154. The summed E-state index contributed by atoms with van der Waals surface area (Å²) in [6.07, 6.45) is 5.78. The standard InChI is InChI=1S/C39H29N3O2S/c1-41-20-21-42(28-41)32-11-9-15-35(26-32)44-36-23-31(24-38(27-36)45-37-16-6-3-7-17-37)39-25-30(18-19-40-39)29-10-8-14-34(22-29)43-33-12-4-2-5-13-33/h2-27H,1H3/q+2. The van der Waals surface area contributed by atoms with E-state index < -0.39 is 0 Å². The van der Waals surface area contributed by atoms with Crippen LogP contribution in [0.25, 0.3) is 22.4 Å². The van der Waals surface area contributed by atoms with Crippen LogP contribution in [-0.4, -0.2) is 27.2 Å². The molecule has 0 bridgehead atoms. The molecule has 0 saturated heterocycles. The van der Waals surface area contributed by atoms with E-state index in [1.165, 1.54) is 0 Å². The van der Waals surface area contributed by atoms with Crippen molar-refractivity contribution in [2.45, 2.75) is 9.79 Å². The van der Waals surface area contributed by atoms with Gasteiger partial charge in [-0.05, 0) is 83.9 Å². The fourth-order valence-electron chi connectivity index (χ4n) is 4.97. The lowest BCUT2D eigenvalue weighted by Gasteiger charge is -2.12. The van der Waals surface area contributed by atoms with Crippen molar-refractivity contribution in [2.24, 2.45) is 0 Å². The molecular weight excluding hydrogens is 575 g/mol. The first kappa shape index (κ1) is 28.1. The van der Waals surface area contributed by atoms with Gasteiger partial charge in [-0.2, -0.15) is 0 Å². The number of rotatable bonds is 9. The predicted molar refractivity (Wildman–Crippen MR) is 179 cm³/mol. The largest absolute Gasteiger partial charge is 0.495 e. The van der Waals surface area contributed by atoms with E-state index in [1.807, 2.05) is 132 Å². The summed E-state index contributed by atoms with van der Waals surface area (Å²) >= 11 is 1.69. The summed E-state index contributed by atoms with van der Waals surface area (Å²) in [5.41, 5.74) is 4.88. The Morgan fingerprint density at radius 3 is 2.04 bits per heavy atom. The summed E-state index contributed by atoms with van der Waals surface area (Å²) in [4.78, 5) is 6.98. The molecule has 1 aromatic heterocycles. The van der Waals surface area contributed by atoms with E-state index in [4.69, 9.17) is 14.5 Å². The lowest BCUT2D eigenvalue weighted by molar-refractivity contribution is -0.429. The number of hydrogen-bond acceptors (Lipinski definition) is 4. The molecule has 2 heterocycles. The fraction of sp³-hybridized carbons (Fsp3) is 0.0256. The van der Waals surface area contributed by atoms with E-state index in [-0.39, 0.29) is 0 Å². The van der Waals surface area contributed by atoms with Crippen molar-refractivity contribution < 1.29 is 18.6 Å². The predicted octanol–water partition coefficient (Wildman–Crippen LogP) is 10.1. The Morgan fingerprint density at radius 2 is 1.24 bits per heavy atom. The van der Waals surface area contributed by atoms with E-state index in [2.05, 4.69) is 48.5 Å². The monoisotopic (exact) mass is 603 g/mol. The zero-order valence-electron chi connectivity index (χ0n) is 24.6. The maximum atomic E-state index is 6.48. The molecule has 0 amide bonds. The second kappa shape index (κ2) is 12.9. The van der Waals surface area contributed by atoms with Crippen LogP contribution in [0.15, 0.2) is 168 Å². The molecule has 0 radical (unpaired) electrons. The van der Waals surface area contributed by atoms with Gasteiger partial charge in [-0.3, -0.25) is 4.98 Å². The molecule has 0 fully saturated rings. The first-order valence-corrected chi connectivity index (χ1v) is 15.4. The average Bonchev–Trinajstić information content (AvgIpc) is 3.52. The number of ether oxygens (including phenoxy) is 2. The first-order chi connectivity index (χ1) is 22.1. The zero-order valence-corrected chi connectivity index (χ0v) is 25.4. The highest BCUT2D eigenvalue weighted by atomic mass is 32.2. The maximum absolute atomic E-state index is 6.48. The van der Waals surface area contributed by atoms with Crippen molar-refractivity contribution in [1.82, 2.24) is 4.98 Å². The molecule has 7 rings (SSSR count). The molecule has 45 heavy (non-hydrogen) atoms. The van der Waals surface area contributed by atoms with E-state index in [0.29, 0.717) is 0 Å². The highest BCUT2D eigenvalue weighted by Gasteiger charge is 2.17. The Bertz CT molecular complexity index is 2090. The van der Waals surface area contributed by atoms with E-state index >= 15 is 0 Å². The van der Waals surface area contributed by atoms with Crippen molar-refractivity contribution in [3.63, 3.8) is 0 Å². The van der Waals surface area contributed by atoms with Crippen LogP contribution in [0.3, 0.4) is 0 Å². The first-order valence-electron chi connectivity index (χ1n) is 14.6. The van der Waals surface area contributed by atoms with Gasteiger partial charge >= 0.3 is 6.01 Å². The van der Waals surface area contributed by atoms with Gasteiger partial charge in [0.1, 0.15) is 23.0 Å². The minimum atomic E-state index is 0.732. The lowest BCUT2D eigenvalue weighted by atomic mass is 10.0. The van der Waals surface area contributed by atoms with Gasteiger partial charge in [-0.15, -0.1) is 0 Å². The maximum Gasteiger partial charge on any atom is 0.495 e.